The van der Waals surface area contributed by atoms with Gasteiger partial charge in [-0.1, -0.05) is 89.5 Å². The fourth-order valence-corrected chi connectivity index (χ4v) is 6.34. The highest BCUT2D eigenvalue weighted by Gasteiger charge is 2.33. The molecule has 1 aromatic rings. The van der Waals surface area contributed by atoms with Crippen molar-refractivity contribution < 1.29 is 11.6 Å². The van der Waals surface area contributed by atoms with Gasteiger partial charge in [0.05, 0.1) is 0 Å². The molecule has 2 atom stereocenters. The van der Waals surface area contributed by atoms with Gasteiger partial charge in [-0.3, -0.25) is 4.98 Å². The molecule has 0 amide bonds. The molecule has 3 rings (SSSR count). The summed E-state index contributed by atoms with van der Waals surface area (Å²) >= 11 is 0. The molecule has 2 aliphatic carbocycles. The van der Waals surface area contributed by atoms with Crippen LogP contribution in [0.1, 0.15) is 136 Å². The lowest BCUT2D eigenvalue weighted by Gasteiger charge is -2.35. The number of ether oxygens (including phenoxy) is 1. The van der Waals surface area contributed by atoms with Crippen LogP contribution in [0.2, 0.25) is 0 Å². The molecule has 2 unspecified atom stereocenters. The number of pyridine rings is 1. The van der Waals surface area contributed by atoms with Gasteiger partial charge in [-0.2, -0.15) is 0 Å². The number of aryl methyl sites for hydroxylation is 1. The molecule has 1 aromatic heterocycles. The van der Waals surface area contributed by atoms with Crippen LogP contribution in [-0.4, -0.2) is 29.4 Å². The summed E-state index contributed by atoms with van der Waals surface area (Å²) in [5.74, 6) is 1.91. The summed E-state index contributed by atoms with van der Waals surface area (Å²) < 4.78 is 5.59. The van der Waals surface area contributed by atoms with Gasteiger partial charge in [0.2, 0.25) is 0 Å². The highest BCUT2D eigenvalue weighted by Crippen LogP contribution is 2.42. The summed E-state index contributed by atoms with van der Waals surface area (Å²) in [5.41, 5.74) is 6.29. The molecule has 1 saturated carbocycles. The van der Waals surface area contributed by atoms with Crippen LogP contribution in [0.3, 0.4) is 0 Å². The number of rotatable bonds is 17. The van der Waals surface area contributed by atoms with Crippen molar-refractivity contribution in [3.8, 4) is 0 Å². The zero-order chi connectivity index (χ0) is 27.2. The Labute approximate surface area is 241 Å². The minimum absolute atomic E-state index is 0. The van der Waals surface area contributed by atoms with E-state index < -0.39 is 0 Å². The number of unbranched alkanes of at least 4 members (excludes halogenated alkanes) is 4. The molecule has 0 spiro atoms. The van der Waals surface area contributed by atoms with E-state index in [-0.39, 0.29) is 6.90 Å². The zero-order valence-corrected chi connectivity index (χ0v) is 25.6. The molecule has 0 radical (unpaired) electrons. The third-order valence-corrected chi connectivity index (χ3v) is 8.68. The maximum Gasteiger partial charge on any atom is 0.0466 e. The molecule has 2 aliphatic rings. The molecule has 39 heavy (non-hydrogen) atoms. The molecule has 1 heterocycles. The third kappa shape index (κ3) is 11.3. The highest BCUT2D eigenvalue weighted by atomic mass is 16.5. The number of hydrogen-bond donors (Lipinski definition) is 1. The minimum Gasteiger partial charge on any atom is -0.412 e. The topological polar surface area (TPSA) is 77.5 Å². The van der Waals surface area contributed by atoms with Crippen molar-refractivity contribution in [2.24, 2.45) is 17.8 Å². The summed E-state index contributed by atoms with van der Waals surface area (Å²) in [6.07, 6.45) is 25.0. The van der Waals surface area contributed by atoms with Crippen molar-refractivity contribution in [1.29, 1.82) is 5.41 Å². The molecule has 1 fully saturated rings. The Bertz CT molecular complexity index is 887. The van der Waals surface area contributed by atoms with E-state index >= 15 is 0 Å². The predicted molar refractivity (Wildman–Crippen MR) is 169 cm³/mol. The van der Waals surface area contributed by atoms with E-state index in [9.17, 15) is 5.41 Å². The molecule has 222 valence electrons. The lowest BCUT2D eigenvalue weighted by Crippen LogP contribution is -2.28. The van der Waals surface area contributed by atoms with Crippen molar-refractivity contribution in [2.75, 3.05) is 13.2 Å². The molecular formula is C35H60N2O2. The van der Waals surface area contributed by atoms with Crippen molar-refractivity contribution in [1.82, 2.24) is 4.98 Å². The van der Waals surface area contributed by atoms with E-state index in [1.807, 2.05) is 0 Å². The summed E-state index contributed by atoms with van der Waals surface area (Å²) in [6, 6.07) is 4.66. The fraction of sp³-hybridized carbons (Fsp3) is 0.714. The van der Waals surface area contributed by atoms with Crippen LogP contribution >= 0.6 is 0 Å². The first-order valence-electron chi connectivity index (χ1n) is 16.0. The highest BCUT2D eigenvalue weighted by molar-refractivity contribution is 6.00. The van der Waals surface area contributed by atoms with Gasteiger partial charge >= 0.3 is 0 Å². The Morgan fingerprint density at radius 1 is 1.00 bits per heavy atom. The molecule has 3 N–H and O–H groups in total. The predicted octanol–water partition coefficient (Wildman–Crippen LogP) is 9.43. The van der Waals surface area contributed by atoms with Gasteiger partial charge in [0, 0.05) is 44.1 Å². The smallest absolute Gasteiger partial charge is 0.0466 e. The molecule has 4 nitrogen and oxygen atoms in total. The molecule has 4 heteroatoms. The Morgan fingerprint density at radius 2 is 1.74 bits per heavy atom. The van der Waals surface area contributed by atoms with Crippen LogP contribution in [0.5, 0.6) is 0 Å². The average molecular weight is 541 g/mol. The van der Waals surface area contributed by atoms with Crippen molar-refractivity contribution in [3.63, 3.8) is 0 Å². The van der Waals surface area contributed by atoms with E-state index in [0.29, 0.717) is 23.7 Å². The monoisotopic (exact) mass is 540 g/mol. The first kappa shape index (κ1) is 33.4. The van der Waals surface area contributed by atoms with Crippen LogP contribution in [0, 0.1) is 23.2 Å². The standard InChI is InChI=1S/C35H56N2O.H2O.H2/c1-5-23-38-24-13-8-6-7-10-14-29-19-22-34(37-26-29)31(20-17-27(2)3)33-25-28(4)18-21-32(33)35(36)30-15-11-9-12-16-30;;/h18-19,21-22,26-27,30-31,33,36H,5-17,20,23-25H2,1-4H3;1H2;1H. The van der Waals surface area contributed by atoms with Crippen LogP contribution in [0.25, 0.3) is 0 Å². The first-order valence-corrected chi connectivity index (χ1v) is 16.0. The van der Waals surface area contributed by atoms with E-state index in [2.05, 4.69) is 58.2 Å². The molecule has 0 aliphatic heterocycles. The summed E-state index contributed by atoms with van der Waals surface area (Å²) in [4.78, 5) is 5.09. The zero-order valence-electron chi connectivity index (χ0n) is 25.6. The van der Waals surface area contributed by atoms with Gasteiger partial charge < -0.3 is 15.6 Å². The van der Waals surface area contributed by atoms with Crippen LogP contribution in [0.15, 0.2) is 41.6 Å². The molecule has 0 saturated heterocycles. The Hall–Kier alpha value is -1.78. The first-order chi connectivity index (χ1) is 18.5. The van der Waals surface area contributed by atoms with Crippen LogP contribution in [-0.2, 0) is 11.2 Å². The van der Waals surface area contributed by atoms with Crippen molar-refractivity contribution in [3.05, 3.63) is 52.9 Å². The fourth-order valence-electron chi connectivity index (χ4n) is 6.34. The van der Waals surface area contributed by atoms with E-state index in [1.54, 1.807) is 0 Å². The second-order valence-electron chi connectivity index (χ2n) is 12.5. The summed E-state index contributed by atoms with van der Waals surface area (Å²) in [6.45, 7) is 10.9. The van der Waals surface area contributed by atoms with E-state index in [1.165, 1.54) is 93.0 Å². The number of nitrogens with one attached hydrogen (secondary N) is 1. The maximum absolute atomic E-state index is 9.22. The largest absolute Gasteiger partial charge is 0.412 e. The number of allylic oxidation sites excluding steroid dienone is 4. The summed E-state index contributed by atoms with van der Waals surface area (Å²) in [5, 5.41) is 9.22. The maximum atomic E-state index is 9.22. The van der Waals surface area contributed by atoms with Gasteiger partial charge in [-0.05, 0) is 87.3 Å². The number of nitrogens with zero attached hydrogens (tertiary/aromatic N) is 1. The van der Waals surface area contributed by atoms with Gasteiger partial charge in [0.15, 0.2) is 0 Å². The Morgan fingerprint density at radius 3 is 2.44 bits per heavy atom. The van der Waals surface area contributed by atoms with Gasteiger partial charge in [0.1, 0.15) is 0 Å². The number of aromatic nitrogens is 1. The second-order valence-corrected chi connectivity index (χ2v) is 12.5. The average Bonchev–Trinajstić information content (AvgIpc) is 2.93. The van der Waals surface area contributed by atoms with E-state index in [0.717, 1.165) is 44.6 Å². The Kier molecular flexibility index (Phi) is 15.9. The second kappa shape index (κ2) is 18.5. The van der Waals surface area contributed by atoms with Gasteiger partial charge in [-0.15, -0.1) is 0 Å². The van der Waals surface area contributed by atoms with Gasteiger partial charge in [0.25, 0.3) is 0 Å². The third-order valence-electron chi connectivity index (χ3n) is 8.68. The Balaban J connectivity index is 0.00000400. The molecular weight excluding hydrogens is 480 g/mol. The van der Waals surface area contributed by atoms with Crippen molar-refractivity contribution in [2.45, 2.75) is 130 Å². The SMILES string of the molecule is CCCOCCCCCCCc1ccc(C(CCC(C)C)C2CC(C)=CC=C2C(=N)C2CCCCC2)nc1.O.[HH]. The normalized spacial score (nSPS) is 18.8. The molecule has 0 aromatic carbocycles. The quantitative estimate of drug-likeness (QED) is 0.158. The lowest BCUT2D eigenvalue weighted by molar-refractivity contribution is 0.130. The minimum atomic E-state index is 0. The lowest BCUT2D eigenvalue weighted by atomic mass is 9.70. The van der Waals surface area contributed by atoms with Gasteiger partial charge in [-0.25, -0.2) is 0 Å². The van der Waals surface area contributed by atoms with Crippen LogP contribution < -0.4 is 0 Å². The van der Waals surface area contributed by atoms with Crippen LogP contribution in [0.4, 0.5) is 0 Å². The molecule has 0 bridgehead atoms. The summed E-state index contributed by atoms with van der Waals surface area (Å²) in [7, 11) is 0. The van der Waals surface area contributed by atoms with Crippen molar-refractivity contribution >= 4 is 5.71 Å². The van der Waals surface area contributed by atoms with E-state index in [4.69, 9.17) is 9.72 Å². The number of hydrogen-bond acceptors (Lipinski definition) is 3.